The Balaban J connectivity index is 1.26. The highest BCUT2D eigenvalue weighted by Crippen LogP contribution is 2.44. The van der Waals surface area contributed by atoms with Crippen LogP contribution in [-0.2, 0) is 12.8 Å². The van der Waals surface area contributed by atoms with E-state index in [9.17, 15) is 0 Å². The molecule has 33 heavy (non-hydrogen) atoms. The van der Waals surface area contributed by atoms with Crippen LogP contribution in [-0.4, -0.2) is 32.9 Å². The summed E-state index contributed by atoms with van der Waals surface area (Å²) in [6.07, 6.45) is 6.65. The normalized spacial score (nSPS) is 23.2. The predicted octanol–water partition coefficient (Wildman–Crippen LogP) is 6.39. The smallest absolute Gasteiger partial charge is 0.0684 e. The van der Waals surface area contributed by atoms with E-state index >= 15 is 0 Å². The molecular weight excluding hydrogens is 404 g/mol. The van der Waals surface area contributed by atoms with Crippen molar-refractivity contribution in [3.8, 4) is 0 Å². The van der Waals surface area contributed by atoms with Crippen molar-refractivity contribution in [1.82, 2.24) is 19.9 Å². The first-order chi connectivity index (χ1) is 16.3. The third kappa shape index (κ3) is 2.97. The molecule has 3 aromatic heterocycles. The SMILES string of the molecule is CC[C@H]1CN2CCc3c([nH]c4ccccc34)[C@@H]2C[C@@H]1Cc1nccc2c1[nH]c1ccccc12. The maximum absolute atomic E-state index is 4.90. The molecule has 0 aliphatic carbocycles. The topological polar surface area (TPSA) is 47.7 Å². The van der Waals surface area contributed by atoms with Gasteiger partial charge in [-0.3, -0.25) is 9.88 Å². The van der Waals surface area contributed by atoms with E-state index in [1.54, 1.807) is 5.56 Å². The molecule has 0 spiro atoms. The van der Waals surface area contributed by atoms with Crippen LogP contribution >= 0.6 is 0 Å². The van der Waals surface area contributed by atoms with Crippen molar-refractivity contribution in [2.45, 2.75) is 38.6 Å². The zero-order valence-corrected chi connectivity index (χ0v) is 19.1. The maximum atomic E-state index is 4.90. The molecule has 2 aromatic carbocycles. The number of aromatic nitrogens is 3. The highest BCUT2D eigenvalue weighted by Gasteiger charge is 2.39. The highest BCUT2D eigenvalue weighted by molar-refractivity contribution is 6.07. The number of aromatic amines is 2. The molecule has 166 valence electrons. The zero-order chi connectivity index (χ0) is 21.9. The van der Waals surface area contributed by atoms with Gasteiger partial charge in [-0.15, -0.1) is 0 Å². The maximum Gasteiger partial charge on any atom is 0.0684 e. The summed E-state index contributed by atoms with van der Waals surface area (Å²) in [5.74, 6) is 1.35. The lowest BCUT2D eigenvalue weighted by atomic mass is 9.75. The van der Waals surface area contributed by atoms with Crippen molar-refractivity contribution in [2.75, 3.05) is 13.1 Å². The van der Waals surface area contributed by atoms with Gasteiger partial charge >= 0.3 is 0 Å². The standard InChI is InChI=1S/C29H30N4/c1-2-18-17-33-14-12-23-21-8-4-6-10-25(21)32-29(23)27(33)16-19(18)15-26-28-22(11-13-30-26)20-7-3-5-9-24(20)31-28/h3-11,13,18-19,27,31-32H,2,12,14-17H2,1H3/t18-,19-,27-/m0/s1. The summed E-state index contributed by atoms with van der Waals surface area (Å²) in [6.45, 7) is 4.75. The summed E-state index contributed by atoms with van der Waals surface area (Å²) in [5, 5.41) is 4.02. The fourth-order valence-corrected chi connectivity index (χ4v) is 6.73. The van der Waals surface area contributed by atoms with Crippen LogP contribution in [0.25, 0.3) is 32.7 Å². The highest BCUT2D eigenvalue weighted by atomic mass is 15.2. The minimum absolute atomic E-state index is 0.496. The van der Waals surface area contributed by atoms with Crippen molar-refractivity contribution in [2.24, 2.45) is 11.8 Å². The molecule has 1 saturated heterocycles. The lowest BCUT2D eigenvalue weighted by molar-refractivity contribution is 0.0503. The van der Waals surface area contributed by atoms with Gasteiger partial charge in [0.1, 0.15) is 0 Å². The predicted molar refractivity (Wildman–Crippen MR) is 136 cm³/mol. The number of para-hydroxylation sites is 2. The molecule has 0 bridgehead atoms. The molecule has 0 saturated carbocycles. The van der Waals surface area contributed by atoms with Crippen LogP contribution in [0.3, 0.4) is 0 Å². The van der Waals surface area contributed by atoms with Crippen LogP contribution in [0, 0.1) is 11.8 Å². The van der Waals surface area contributed by atoms with Gasteiger partial charge in [-0.2, -0.15) is 0 Å². The molecule has 0 radical (unpaired) electrons. The van der Waals surface area contributed by atoms with E-state index in [4.69, 9.17) is 4.98 Å². The number of fused-ring (bicyclic) bond motifs is 8. The molecule has 0 amide bonds. The Hall–Kier alpha value is -3.11. The summed E-state index contributed by atoms with van der Waals surface area (Å²) in [6, 6.07) is 20.1. The fraction of sp³-hybridized carbons (Fsp3) is 0.345. The minimum Gasteiger partial charge on any atom is -0.357 e. The molecule has 7 rings (SSSR count). The number of nitrogens with zero attached hydrogens (tertiary/aromatic N) is 2. The van der Waals surface area contributed by atoms with E-state index in [1.165, 1.54) is 70.0 Å². The lowest BCUT2D eigenvalue weighted by Crippen LogP contribution is -2.46. The van der Waals surface area contributed by atoms with Gasteiger partial charge in [0.15, 0.2) is 0 Å². The quantitative estimate of drug-likeness (QED) is 0.346. The third-order valence-electron chi connectivity index (χ3n) is 8.42. The Morgan fingerprint density at radius 3 is 2.55 bits per heavy atom. The molecule has 2 aliphatic rings. The van der Waals surface area contributed by atoms with Gasteiger partial charge in [0.25, 0.3) is 0 Å². The van der Waals surface area contributed by atoms with Gasteiger partial charge in [-0.1, -0.05) is 49.7 Å². The number of benzene rings is 2. The van der Waals surface area contributed by atoms with E-state index in [0.29, 0.717) is 17.9 Å². The third-order valence-corrected chi connectivity index (χ3v) is 8.42. The molecule has 0 unspecified atom stereocenters. The molecule has 5 aromatic rings. The van der Waals surface area contributed by atoms with Gasteiger partial charge in [0.2, 0.25) is 0 Å². The summed E-state index contributed by atoms with van der Waals surface area (Å²) in [5.41, 5.74) is 7.98. The van der Waals surface area contributed by atoms with Crippen LogP contribution in [0.2, 0.25) is 0 Å². The Labute approximate surface area is 194 Å². The van der Waals surface area contributed by atoms with E-state index in [1.807, 2.05) is 6.20 Å². The van der Waals surface area contributed by atoms with Gasteiger partial charge in [-0.05, 0) is 54.9 Å². The van der Waals surface area contributed by atoms with Crippen molar-refractivity contribution in [1.29, 1.82) is 0 Å². The number of rotatable bonds is 3. The Morgan fingerprint density at radius 2 is 1.70 bits per heavy atom. The largest absolute Gasteiger partial charge is 0.357 e. The minimum atomic E-state index is 0.496. The van der Waals surface area contributed by atoms with Crippen LogP contribution in [0.4, 0.5) is 0 Å². The molecule has 4 nitrogen and oxygen atoms in total. The van der Waals surface area contributed by atoms with Gasteiger partial charge < -0.3 is 9.97 Å². The first-order valence-corrected chi connectivity index (χ1v) is 12.5. The Morgan fingerprint density at radius 1 is 0.909 bits per heavy atom. The van der Waals surface area contributed by atoms with Crippen LogP contribution < -0.4 is 0 Å². The van der Waals surface area contributed by atoms with Crippen LogP contribution in [0.5, 0.6) is 0 Å². The first kappa shape index (κ1) is 19.4. The second kappa shape index (κ2) is 7.46. The van der Waals surface area contributed by atoms with Crippen molar-refractivity contribution in [3.63, 3.8) is 0 Å². The van der Waals surface area contributed by atoms with Crippen molar-refractivity contribution >= 4 is 32.7 Å². The van der Waals surface area contributed by atoms with Gasteiger partial charge in [0.05, 0.1) is 17.3 Å². The number of piperidine rings is 1. The van der Waals surface area contributed by atoms with E-state index in [-0.39, 0.29) is 0 Å². The average molecular weight is 435 g/mol. The van der Waals surface area contributed by atoms with Gasteiger partial charge in [-0.25, -0.2) is 0 Å². The van der Waals surface area contributed by atoms with Crippen LogP contribution in [0.1, 0.15) is 42.8 Å². The van der Waals surface area contributed by atoms with Crippen LogP contribution in [0.15, 0.2) is 60.8 Å². The van der Waals surface area contributed by atoms with Crippen molar-refractivity contribution in [3.05, 3.63) is 77.7 Å². The molecule has 1 fully saturated rings. The lowest BCUT2D eigenvalue weighted by Gasteiger charge is -2.46. The Kier molecular flexibility index (Phi) is 4.38. The summed E-state index contributed by atoms with van der Waals surface area (Å²) in [4.78, 5) is 15.1. The summed E-state index contributed by atoms with van der Waals surface area (Å²) in [7, 11) is 0. The van der Waals surface area contributed by atoms with Gasteiger partial charge in [0, 0.05) is 52.2 Å². The zero-order valence-electron chi connectivity index (χ0n) is 19.1. The molecular formula is C29H30N4. The second-order valence-corrected chi connectivity index (χ2v) is 10.0. The molecule has 2 N–H and O–H groups in total. The summed E-state index contributed by atoms with van der Waals surface area (Å²) >= 11 is 0. The Bertz CT molecular complexity index is 1480. The fourth-order valence-electron chi connectivity index (χ4n) is 6.73. The first-order valence-electron chi connectivity index (χ1n) is 12.5. The van der Waals surface area contributed by atoms with Crippen molar-refractivity contribution < 1.29 is 0 Å². The number of pyridine rings is 1. The molecule has 3 atom stereocenters. The monoisotopic (exact) mass is 434 g/mol. The molecule has 2 aliphatic heterocycles. The van der Waals surface area contributed by atoms with E-state index in [0.717, 1.165) is 12.8 Å². The number of hydrogen-bond acceptors (Lipinski definition) is 2. The summed E-state index contributed by atoms with van der Waals surface area (Å²) < 4.78 is 0. The number of nitrogens with one attached hydrogen (secondary N) is 2. The molecule has 5 heterocycles. The molecule has 4 heteroatoms. The number of H-pyrrole nitrogens is 2. The second-order valence-electron chi connectivity index (χ2n) is 10.0. The van der Waals surface area contributed by atoms with E-state index in [2.05, 4.69) is 76.4 Å². The number of hydrogen-bond donors (Lipinski definition) is 2. The van der Waals surface area contributed by atoms with E-state index < -0.39 is 0 Å². The average Bonchev–Trinajstić information content (AvgIpc) is 3.43.